The predicted molar refractivity (Wildman–Crippen MR) is 92.9 cm³/mol. The molecule has 1 N–H and O–H groups in total. The molecular weight excluding hydrogens is 330 g/mol. The number of carbonyl (C=O) groups is 1. The van der Waals surface area contributed by atoms with Crippen LogP contribution >= 0.6 is 11.6 Å². The number of amides is 1. The molecule has 1 heterocycles. The first-order valence-corrected chi connectivity index (χ1v) is 8.13. The molecule has 6 nitrogen and oxygen atoms in total. The number of ether oxygens (including phenoxy) is 2. The quantitative estimate of drug-likeness (QED) is 0.830. The minimum Gasteiger partial charge on any atom is -0.493 e. The summed E-state index contributed by atoms with van der Waals surface area (Å²) in [6.07, 6.45) is 4.44. The number of aryl methyl sites for hydroxylation is 1. The summed E-state index contributed by atoms with van der Waals surface area (Å²) in [5.74, 6) is 0.654. The molecule has 1 atom stereocenters. The molecule has 0 aliphatic rings. The van der Waals surface area contributed by atoms with Gasteiger partial charge in [-0.15, -0.1) is 0 Å². The van der Waals surface area contributed by atoms with Crippen LogP contribution in [0.4, 0.5) is 0 Å². The van der Waals surface area contributed by atoms with E-state index in [2.05, 4.69) is 10.4 Å². The van der Waals surface area contributed by atoms with Crippen molar-refractivity contribution in [2.45, 2.75) is 26.3 Å². The molecule has 0 saturated heterocycles. The standard InChI is InChI=1S/C17H22ClN3O3/c1-5-6-24-16-14(18)7-12(8-15(16)23-4)17(22)20-11(2)13-9-19-21(3)10-13/h7-11H,5-6H2,1-4H3,(H,20,22). The molecule has 0 saturated carbocycles. The van der Waals surface area contributed by atoms with Crippen LogP contribution in [0.3, 0.4) is 0 Å². The minimum atomic E-state index is -0.242. The zero-order chi connectivity index (χ0) is 17.7. The first kappa shape index (κ1) is 18.1. The van der Waals surface area contributed by atoms with Crippen LogP contribution in [-0.2, 0) is 7.05 Å². The molecule has 1 unspecified atom stereocenters. The number of nitrogens with zero attached hydrogens (tertiary/aromatic N) is 2. The van der Waals surface area contributed by atoms with E-state index in [9.17, 15) is 4.79 Å². The highest BCUT2D eigenvalue weighted by Crippen LogP contribution is 2.36. The van der Waals surface area contributed by atoms with Gasteiger partial charge in [-0.3, -0.25) is 9.48 Å². The van der Waals surface area contributed by atoms with Gasteiger partial charge in [0.2, 0.25) is 0 Å². The van der Waals surface area contributed by atoms with Crippen LogP contribution in [0.1, 0.15) is 42.2 Å². The van der Waals surface area contributed by atoms with E-state index in [1.807, 2.05) is 27.1 Å². The van der Waals surface area contributed by atoms with Crippen molar-refractivity contribution in [3.05, 3.63) is 40.7 Å². The molecule has 2 rings (SSSR count). The van der Waals surface area contributed by atoms with Gasteiger partial charge in [-0.1, -0.05) is 18.5 Å². The Balaban J connectivity index is 2.18. The maximum atomic E-state index is 12.5. The van der Waals surface area contributed by atoms with Crippen LogP contribution in [0, 0.1) is 0 Å². The number of halogens is 1. The van der Waals surface area contributed by atoms with E-state index in [1.54, 1.807) is 23.0 Å². The molecule has 0 aliphatic heterocycles. The molecule has 0 bridgehead atoms. The van der Waals surface area contributed by atoms with Crippen molar-refractivity contribution in [3.8, 4) is 11.5 Å². The first-order valence-electron chi connectivity index (χ1n) is 7.76. The lowest BCUT2D eigenvalue weighted by molar-refractivity contribution is 0.0939. The first-order chi connectivity index (χ1) is 11.5. The Bertz CT molecular complexity index is 715. The maximum absolute atomic E-state index is 12.5. The van der Waals surface area contributed by atoms with E-state index < -0.39 is 0 Å². The molecule has 7 heteroatoms. The second-order valence-corrected chi connectivity index (χ2v) is 5.89. The average molecular weight is 352 g/mol. The predicted octanol–water partition coefficient (Wildman–Crippen LogP) is 3.36. The Morgan fingerprint density at radius 3 is 2.79 bits per heavy atom. The van der Waals surface area contributed by atoms with Gasteiger partial charge in [-0.05, 0) is 25.5 Å². The average Bonchev–Trinajstić information content (AvgIpc) is 2.99. The Morgan fingerprint density at radius 2 is 2.21 bits per heavy atom. The highest BCUT2D eigenvalue weighted by molar-refractivity contribution is 6.32. The summed E-state index contributed by atoms with van der Waals surface area (Å²) in [7, 11) is 3.35. The number of nitrogens with one attached hydrogen (secondary N) is 1. The number of carbonyl (C=O) groups excluding carboxylic acids is 1. The number of hydrogen-bond acceptors (Lipinski definition) is 4. The summed E-state index contributed by atoms with van der Waals surface area (Å²) in [4.78, 5) is 12.5. The van der Waals surface area contributed by atoms with Crippen LogP contribution in [0.5, 0.6) is 11.5 Å². The van der Waals surface area contributed by atoms with Gasteiger partial charge in [-0.2, -0.15) is 5.10 Å². The molecule has 1 aromatic carbocycles. The topological polar surface area (TPSA) is 65.4 Å². The van der Waals surface area contributed by atoms with Gasteiger partial charge in [0, 0.05) is 24.4 Å². The zero-order valence-corrected chi connectivity index (χ0v) is 15.1. The zero-order valence-electron chi connectivity index (χ0n) is 14.3. The summed E-state index contributed by atoms with van der Waals surface area (Å²) >= 11 is 6.25. The number of hydrogen-bond donors (Lipinski definition) is 1. The molecule has 0 radical (unpaired) electrons. The van der Waals surface area contributed by atoms with Gasteiger partial charge in [0.1, 0.15) is 0 Å². The highest BCUT2D eigenvalue weighted by Gasteiger charge is 2.18. The molecule has 24 heavy (non-hydrogen) atoms. The molecular formula is C17H22ClN3O3. The van der Waals surface area contributed by atoms with E-state index in [1.165, 1.54) is 7.11 Å². The van der Waals surface area contributed by atoms with Gasteiger partial charge in [0.25, 0.3) is 5.91 Å². The molecule has 2 aromatic rings. The van der Waals surface area contributed by atoms with Gasteiger partial charge in [-0.25, -0.2) is 0 Å². The van der Waals surface area contributed by atoms with Crippen LogP contribution in [0.2, 0.25) is 5.02 Å². The fourth-order valence-corrected chi connectivity index (χ4v) is 2.49. The molecule has 0 fully saturated rings. The number of benzene rings is 1. The fraction of sp³-hybridized carbons (Fsp3) is 0.412. The van der Waals surface area contributed by atoms with E-state index in [-0.39, 0.29) is 11.9 Å². The SMILES string of the molecule is CCCOc1c(Cl)cc(C(=O)NC(C)c2cnn(C)c2)cc1OC. The minimum absolute atomic E-state index is 0.174. The summed E-state index contributed by atoms with van der Waals surface area (Å²) in [5, 5.41) is 7.38. The van der Waals surface area contributed by atoms with E-state index in [0.717, 1.165) is 12.0 Å². The van der Waals surface area contributed by atoms with Gasteiger partial charge in [0.05, 0.1) is 31.0 Å². The third-order valence-corrected chi connectivity index (χ3v) is 3.80. The van der Waals surface area contributed by atoms with Crippen molar-refractivity contribution < 1.29 is 14.3 Å². The fourth-order valence-electron chi connectivity index (χ4n) is 2.22. The Hall–Kier alpha value is -2.21. The van der Waals surface area contributed by atoms with Crippen LogP contribution in [0.25, 0.3) is 0 Å². The highest BCUT2D eigenvalue weighted by atomic mass is 35.5. The van der Waals surface area contributed by atoms with Crippen molar-refractivity contribution >= 4 is 17.5 Å². The van der Waals surface area contributed by atoms with Crippen LogP contribution in [-0.4, -0.2) is 29.4 Å². The third kappa shape index (κ3) is 4.20. The van der Waals surface area contributed by atoms with Crippen LogP contribution < -0.4 is 14.8 Å². The third-order valence-electron chi connectivity index (χ3n) is 3.51. The second-order valence-electron chi connectivity index (χ2n) is 5.48. The Morgan fingerprint density at radius 1 is 1.46 bits per heavy atom. The van der Waals surface area contributed by atoms with Crippen molar-refractivity contribution in [2.75, 3.05) is 13.7 Å². The number of aromatic nitrogens is 2. The summed E-state index contributed by atoms with van der Waals surface area (Å²) in [6, 6.07) is 3.04. The van der Waals surface area contributed by atoms with Gasteiger partial charge >= 0.3 is 0 Å². The Labute approximate surface area is 146 Å². The lowest BCUT2D eigenvalue weighted by atomic mass is 10.1. The number of methoxy groups -OCH3 is 1. The van der Waals surface area contributed by atoms with E-state index in [4.69, 9.17) is 21.1 Å². The van der Waals surface area contributed by atoms with Gasteiger partial charge in [0.15, 0.2) is 11.5 Å². The normalized spacial score (nSPS) is 11.9. The molecule has 130 valence electrons. The summed E-state index contributed by atoms with van der Waals surface area (Å²) in [5.41, 5.74) is 1.34. The molecule has 0 spiro atoms. The molecule has 1 amide bonds. The van der Waals surface area contributed by atoms with Crippen LogP contribution in [0.15, 0.2) is 24.5 Å². The smallest absolute Gasteiger partial charge is 0.251 e. The van der Waals surface area contributed by atoms with E-state index in [0.29, 0.717) is 28.7 Å². The van der Waals surface area contributed by atoms with Crippen molar-refractivity contribution in [1.29, 1.82) is 0 Å². The monoisotopic (exact) mass is 351 g/mol. The van der Waals surface area contributed by atoms with E-state index >= 15 is 0 Å². The lowest BCUT2D eigenvalue weighted by Gasteiger charge is -2.15. The van der Waals surface area contributed by atoms with Crippen molar-refractivity contribution in [2.24, 2.45) is 7.05 Å². The maximum Gasteiger partial charge on any atom is 0.251 e. The summed E-state index contributed by atoms with van der Waals surface area (Å²) in [6.45, 7) is 4.42. The largest absolute Gasteiger partial charge is 0.493 e. The molecule has 0 aliphatic carbocycles. The van der Waals surface area contributed by atoms with Crippen molar-refractivity contribution in [3.63, 3.8) is 0 Å². The number of rotatable bonds is 7. The second kappa shape index (κ2) is 8.06. The molecule has 1 aromatic heterocycles. The Kier molecular flexibility index (Phi) is 6.09. The van der Waals surface area contributed by atoms with Crippen molar-refractivity contribution in [1.82, 2.24) is 15.1 Å². The van der Waals surface area contributed by atoms with Gasteiger partial charge < -0.3 is 14.8 Å². The summed E-state index contributed by atoms with van der Waals surface area (Å²) < 4.78 is 12.6. The lowest BCUT2D eigenvalue weighted by Crippen LogP contribution is -2.26.